The van der Waals surface area contributed by atoms with Crippen molar-refractivity contribution in [3.05, 3.63) is 112 Å². The molecule has 2 aliphatic rings. The standard InChI is InChI=1S/C33H35N3O3S/c1-23-31(27-10-6-3-7-11-27)36(29-18-16-26(17-19-29)25-8-4-2-5-9-25)33(40-23)35-22-24-12-14-28(15-13-24)32(39)34-21-20-30(37)38/h3,6-8,10-19,33,35H,2,4-5,9,20-22H2,1H3,(H,34,39)(H,37,38). The molecular formula is C33H35N3O3S. The van der Waals surface area contributed by atoms with E-state index in [1.165, 1.54) is 46.6 Å². The van der Waals surface area contributed by atoms with E-state index in [9.17, 15) is 9.59 Å². The number of carbonyl (C=O) groups is 2. The van der Waals surface area contributed by atoms with Crippen molar-refractivity contribution in [2.45, 2.75) is 51.1 Å². The molecule has 0 bridgehead atoms. The van der Waals surface area contributed by atoms with Gasteiger partial charge in [-0.05, 0) is 79.1 Å². The van der Waals surface area contributed by atoms with Gasteiger partial charge in [-0.1, -0.05) is 72.4 Å². The van der Waals surface area contributed by atoms with Crippen LogP contribution in [0.2, 0.25) is 0 Å². The molecule has 1 amide bonds. The molecular weight excluding hydrogens is 518 g/mol. The van der Waals surface area contributed by atoms with Gasteiger partial charge in [0.05, 0.1) is 12.1 Å². The van der Waals surface area contributed by atoms with Crippen molar-refractivity contribution in [3.8, 4) is 0 Å². The number of hydrogen-bond acceptors (Lipinski definition) is 5. The topological polar surface area (TPSA) is 81.7 Å². The number of allylic oxidation sites excluding steroid dienone is 3. The zero-order valence-corrected chi connectivity index (χ0v) is 23.5. The lowest BCUT2D eigenvalue weighted by Crippen LogP contribution is -2.39. The van der Waals surface area contributed by atoms with Gasteiger partial charge in [-0.15, -0.1) is 0 Å². The molecule has 5 rings (SSSR count). The quantitative estimate of drug-likeness (QED) is 0.254. The summed E-state index contributed by atoms with van der Waals surface area (Å²) in [5, 5.41) is 15.1. The lowest BCUT2D eigenvalue weighted by atomic mass is 9.93. The molecule has 3 aromatic carbocycles. The number of nitrogens with one attached hydrogen (secondary N) is 2. The summed E-state index contributed by atoms with van der Waals surface area (Å²) in [7, 11) is 0. The average Bonchev–Trinajstić information content (AvgIpc) is 3.32. The van der Waals surface area contributed by atoms with Crippen molar-refractivity contribution < 1.29 is 14.7 Å². The van der Waals surface area contributed by atoms with Gasteiger partial charge in [0.1, 0.15) is 5.50 Å². The normalized spacial score (nSPS) is 17.1. The summed E-state index contributed by atoms with van der Waals surface area (Å²) >= 11 is 1.81. The first-order valence-corrected chi connectivity index (χ1v) is 14.7. The van der Waals surface area contributed by atoms with Crippen LogP contribution in [0.4, 0.5) is 5.69 Å². The van der Waals surface area contributed by atoms with Crippen LogP contribution in [-0.2, 0) is 11.3 Å². The van der Waals surface area contributed by atoms with Crippen molar-refractivity contribution in [1.29, 1.82) is 0 Å². The minimum atomic E-state index is -0.932. The van der Waals surface area contributed by atoms with Gasteiger partial charge in [0.2, 0.25) is 0 Å². The molecule has 1 aliphatic heterocycles. The maximum Gasteiger partial charge on any atom is 0.305 e. The average molecular weight is 554 g/mol. The fraction of sp³-hybridized carbons (Fsp3) is 0.273. The molecule has 1 heterocycles. The Labute approximate surface area is 240 Å². The van der Waals surface area contributed by atoms with Crippen molar-refractivity contribution in [2.75, 3.05) is 11.4 Å². The highest BCUT2D eigenvalue weighted by Gasteiger charge is 2.32. The Bertz CT molecular complexity index is 1400. The number of hydrogen-bond donors (Lipinski definition) is 3. The van der Waals surface area contributed by atoms with Gasteiger partial charge in [-0.3, -0.25) is 14.9 Å². The molecule has 1 unspecified atom stereocenters. The smallest absolute Gasteiger partial charge is 0.305 e. The maximum atomic E-state index is 12.3. The van der Waals surface area contributed by atoms with Gasteiger partial charge in [0.15, 0.2) is 0 Å². The Morgan fingerprint density at radius 3 is 2.38 bits per heavy atom. The van der Waals surface area contributed by atoms with E-state index in [2.05, 4.69) is 77.1 Å². The third kappa shape index (κ3) is 6.66. The second-order valence-electron chi connectivity index (χ2n) is 10.1. The first-order chi connectivity index (χ1) is 19.5. The zero-order valence-electron chi connectivity index (χ0n) is 22.7. The van der Waals surface area contributed by atoms with Gasteiger partial charge >= 0.3 is 5.97 Å². The van der Waals surface area contributed by atoms with Crippen molar-refractivity contribution in [2.24, 2.45) is 0 Å². The Morgan fingerprint density at radius 1 is 0.950 bits per heavy atom. The van der Waals surface area contributed by atoms with Gasteiger partial charge in [0, 0.05) is 29.2 Å². The summed E-state index contributed by atoms with van der Waals surface area (Å²) in [6.07, 6.45) is 7.16. The molecule has 1 atom stereocenters. The van der Waals surface area contributed by atoms with E-state index in [4.69, 9.17) is 5.11 Å². The number of thioether (sulfide) groups is 1. The molecule has 6 nitrogen and oxygen atoms in total. The van der Waals surface area contributed by atoms with Crippen LogP contribution >= 0.6 is 11.8 Å². The van der Waals surface area contributed by atoms with Crippen LogP contribution in [-0.4, -0.2) is 29.0 Å². The van der Waals surface area contributed by atoms with E-state index in [1.807, 2.05) is 30.0 Å². The van der Waals surface area contributed by atoms with Gasteiger partial charge < -0.3 is 15.3 Å². The second kappa shape index (κ2) is 13.0. The number of carboxylic acid groups (broad SMARTS) is 1. The molecule has 1 aliphatic carbocycles. The third-order valence-electron chi connectivity index (χ3n) is 7.27. The SMILES string of the molecule is CC1=C(c2ccccc2)N(c2ccc(C3=CCCCC3)cc2)C(NCc2ccc(C(=O)NCCC(=O)O)cc2)S1. The minimum absolute atomic E-state index is 0.00828. The minimum Gasteiger partial charge on any atom is -0.481 e. The molecule has 0 spiro atoms. The number of anilines is 1. The largest absolute Gasteiger partial charge is 0.481 e. The molecule has 206 valence electrons. The second-order valence-corrected chi connectivity index (χ2v) is 11.4. The summed E-state index contributed by atoms with van der Waals surface area (Å²) in [4.78, 5) is 26.6. The number of amides is 1. The Kier molecular flexibility index (Phi) is 9.04. The van der Waals surface area contributed by atoms with Gasteiger partial charge in [0.25, 0.3) is 5.91 Å². The highest BCUT2D eigenvalue weighted by atomic mass is 32.2. The lowest BCUT2D eigenvalue weighted by Gasteiger charge is -2.30. The number of carboxylic acids is 1. The summed E-state index contributed by atoms with van der Waals surface area (Å²) in [5.74, 6) is -1.20. The molecule has 0 aromatic heterocycles. The molecule has 0 radical (unpaired) electrons. The fourth-order valence-corrected chi connectivity index (χ4v) is 6.36. The molecule has 3 N–H and O–H groups in total. The first-order valence-electron chi connectivity index (χ1n) is 13.8. The van der Waals surface area contributed by atoms with Crippen LogP contribution in [0.15, 0.2) is 89.8 Å². The monoisotopic (exact) mass is 553 g/mol. The molecule has 0 saturated heterocycles. The van der Waals surface area contributed by atoms with E-state index in [-0.39, 0.29) is 24.4 Å². The van der Waals surface area contributed by atoms with Crippen LogP contribution in [0.3, 0.4) is 0 Å². The summed E-state index contributed by atoms with van der Waals surface area (Å²) in [6, 6.07) is 27.0. The van der Waals surface area contributed by atoms with Crippen LogP contribution in [0.25, 0.3) is 11.3 Å². The van der Waals surface area contributed by atoms with Crippen molar-refractivity contribution in [3.63, 3.8) is 0 Å². The van der Waals surface area contributed by atoms with E-state index < -0.39 is 5.97 Å². The number of benzene rings is 3. The zero-order chi connectivity index (χ0) is 27.9. The van der Waals surface area contributed by atoms with E-state index in [0.717, 1.165) is 17.7 Å². The summed E-state index contributed by atoms with van der Waals surface area (Å²) in [5.41, 5.74) is 7.90. The number of carbonyl (C=O) groups excluding carboxylic acids is 1. The summed E-state index contributed by atoms with van der Waals surface area (Å²) < 4.78 is 0. The van der Waals surface area contributed by atoms with E-state index in [1.54, 1.807) is 12.1 Å². The van der Waals surface area contributed by atoms with Crippen LogP contribution in [0.5, 0.6) is 0 Å². The van der Waals surface area contributed by atoms with E-state index in [0.29, 0.717) is 12.1 Å². The number of nitrogens with zero attached hydrogens (tertiary/aromatic N) is 1. The van der Waals surface area contributed by atoms with Gasteiger partial charge in [-0.2, -0.15) is 0 Å². The van der Waals surface area contributed by atoms with Crippen molar-refractivity contribution in [1.82, 2.24) is 10.6 Å². The maximum absolute atomic E-state index is 12.3. The summed E-state index contributed by atoms with van der Waals surface area (Å²) in [6.45, 7) is 2.93. The Hall–Kier alpha value is -3.81. The molecule has 0 fully saturated rings. The first kappa shape index (κ1) is 27.7. The van der Waals surface area contributed by atoms with Gasteiger partial charge in [-0.25, -0.2) is 0 Å². The molecule has 7 heteroatoms. The van der Waals surface area contributed by atoms with E-state index >= 15 is 0 Å². The molecule has 40 heavy (non-hydrogen) atoms. The Morgan fingerprint density at radius 2 is 1.70 bits per heavy atom. The predicted molar refractivity (Wildman–Crippen MR) is 164 cm³/mol. The number of aliphatic carboxylic acids is 1. The van der Waals surface area contributed by atoms with Crippen LogP contribution < -0.4 is 15.5 Å². The highest BCUT2D eigenvalue weighted by Crippen LogP contribution is 2.45. The third-order valence-corrected chi connectivity index (χ3v) is 8.42. The lowest BCUT2D eigenvalue weighted by molar-refractivity contribution is -0.136. The molecule has 3 aromatic rings. The highest BCUT2D eigenvalue weighted by molar-refractivity contribution is 8.04. The van der Waals surface area contributed by atoms with Crippen LogP contribution in [0.1, 0.15) is 66.1 Å². The number of rotatable bonds is 10. The fourth-order valence-electron chi connectivity index (χ4n) is 5.20. The van der Waals surface area contributed by atoms with Crippen LogP contribution in [0, 0.1) is 0 Å². The molecule has 0 saturated carbocycles. The Balaban J connectivity index is 1.32. The van der Waals surface area contributed by atoms with Crippen molar-refractivity contribution >= 4 is 40.6 Å². The predicted octanol–water partition coefficient (Wildman–Crippen LogP) is 6.86.